The van der Waals surface area contributed by atoms with Gasteiger partial charge in [0.15, 0.2) is 30.5 Å². The van der Waals surface area contributed by atoms with Gasteiger partial charge in [0.2, 0.25) is 0 Å². The van der Waals surface area contributed by atoms with Crippen molar-refractivity contribution in [3.8, 4) is 0 Å². The summed E-state index contributed by atoms with van der Waals surface area (Å²) in [4.78, 5) is 26.7. The highest BCUT2D eigenvalue weighted by Gasteiger charge is 2.25. The topological polar surface area (TPSA) is 53.9 Å². The number of quaternary nitrogens is 1. The lowest BCUT2D eigenvalue weighted by Crippen LogP contribution is -3.11. The van der Waals surface area contributed by atoms with E-state index in [-0.39, 0.29) is 25.0 Å². The summed E-state index contributed by atoms with van der Waals surface area (Å²) in [5, 5.41) is 2.21. The zero-order valence-corrected chi connectivity index (χ0v) is 15.1. The molecule has 0 heterocycles. The van der Waals surface area contributed by atoms with E-state index in [0.29, 0.717) is 4.90 Å². The molecule has 0 aliphatic heterocycles. The first kappa shape index (κ1) is 20.2. The van der Waals surface area contributed by atoms with Crippen LogP contribution in [0, 0.1) is 17.5 Å². The Morgan fingerprint density at radius 3 is 2.42 bits per heavy atom. The zero-order valence-electron chi connectivity index (χ0n) is 15.1. The van der Waals surface area contributed by atoms with Crippen LogP contribution >= 0.6 is 0 Å². The summed E-state index contributed by atoms with van der Waals surface area (Å²) in [6, 6.07) is 1.95. The highest BCUT2D eigenvalue weighted by atomic mass is 19.2. The number of halogens is 3. The molecule has 0 saturated heterocycles. The van der Waals surface area contributed by atoms with Crippen LogP contribution in [0.3, 0.4) is 0 Å². The van der Waals surface area contributed by atoms with Crippen molar-refractivity contribution in [2.45, 2.75) is 38.1 Å². The largest absolute Gasteiger partial charge is 0.338 e. The second kappa shape index (κ2) is 9.02. The van der Waals surface area contributed by atoms with Crippen LogP contribution in [-0.2, 0) is 9.59 Å². The minimum absolute atomic E-state index is 0.0544. The van der Waals surface area contributed by atoms with Gasteiger partial charge in [0, 0.05) is 13.1 Å². The second-order valence-electron chi connectivity index (χ2n) is 6.88. The Kier molecular flexibility index (Phi) is 7.02. The van der Waals surface area contributed by atoms with Gasteiger partial charge in [-0.2, -0.15) is 0 Å². The van der Waals surface area contributed by atoms with Gasteiger partial charge in [-0.15, -0.1) is 0 Å². The van der Waals surface area contributed by atoms with Gasteiger partial charge in [-0.25, -0.2) is 13.2 Å². The molecule has 5 nitrogen and oxygen atoms in total. The summed E-state index contributed by atoms with van der Waals surface area (Å²) in [7, 11) is 3.45. The van der Waals surface area contributed by atoms with Gasteiger partial charge >= 0.3 is 0 Å². The van der Waals surface area contributed by atoms with Crippen molar-refractivity contribution in [2.75, 3.05) is 32.5 Å². The molecule has 2 amide bonds. The van der Waals surface area contributed by atoms with Gasteiger partial charge < -0.3 is 15.1 Å². The van der Waals surface area contributed by atoms with Crippen molar-refractivity contribution in [1.82, 2.24) is 4.90 Å². The molecule has 0 bridgehead atoms. The van der Waals surface area contributed by atoms with E-state index < -0.39 is 29.0 Å². The van der Waals surface area contributed by atoms with E-state index in [9.17, 15) is 22.8 Å². The molecule has 0 radical (unpaired) electrons. The first-order chi connectivity index (χ1) is 12.3. The summed E-state index contributed by atoms with van der Waals surface area (Å²) in [5.74, 6) is -5.03. The molecule has 1 unspecified atom stereocenters. The highest BCUT2D eigenvalue weighted by molar-refractivity contribution is 5.91. The van der Waals surface area contributed by atoms with E-state index >= 15 is 0 Å². The molecular formula is C18H25F3N3O2+. The third-order valence-corrected chi connectivity index (χ3v) is 4.74. The van der Waals surface area contributed by atoms with Crippen LogP contribution < -0.4 is 10.2 Å². The van der Waals surface area contributed by atoms with E-state index in [1.807, 2.05) is 0 Å². The molecule has 1 aromatic rings. The van der Waals surface area contributed by atoms with Crippen LogP contribution in [0.1, 0.15) is 32.1 Å². The Morgan fingerprint density at radius 1 is 1.12 bits per heavy atom. The second-order valence-corrected chi connectivity index (χ2v) is 6.88. The van der Waals surface area contributed by atoms with Gasteiger partial charge in [-0.3, -0.25) is 9.59 Å². The van der Waals surface area contributed by atoms with Crippen LogP contribution in [0.25, 0.3) is 0 Å². The van der Waals surface area contributed by atoms with Gasteiger partial charge in [0.1, 0.15) is 0 Å². The van der Waals surface area contributed by atoms with Gasteiger partial charge in [-0.05, 0) is 25.0 Å². The number of carbonyl (C=O) groups is 2. The first-order valence-electron chi connectivity index (χ1n) is 8.80. The molecule has 0 aromatic heterocycles. The Morgan fingerprint density at radius 2 is 1.77 bits per heavy atom. The molecule has 2 rings (SSSR count). The van der Waals surface area contributed by atoms with E-state index in [1.165, 1.54) is 6.42 Å². The molecule has 0 spiro atoms. The van der Waals surface area contributed by atoms with Crippen LogP contribution in [0.15, 0.2) is 12.1 Å². The predicted molar refractivity (Wildman–Crippen MR) is 91.2 cm³/mol. The first-order valence-corrected chi connectivity index (χ1v) is 8.80. The van der Waals surface area contributed by atoms with Crippen LogP contribution in [0.4, 0.5) is 18.9 Å². The summed E-state index contributed by atoms with van der Waals surface area (Å²) in [5.41, 5.74) is -0.424. The number of likely N-dealkylation sites (N-methyl/N-ethyl adjacent to an activating group) is 2. The maximum atomic E-state index is 13.6. The molecule has 8 heteroatoms. The van der Waals surface area contributed by atoms with Crippen molar-refractivity contribution in [1.29, 1.82) is 0 Å². The molecule has 1 aromatic carbocycles. The quantitative estimate of drug-likeness (QED) is 0.741. The van der Waals surface area contributed by atoms with E-state index in [1.54, 1.807) is 19.0 Å². The van der Waals surface area contributed by atoms with E-state index in [2.05, 4.69) is 5.32 Å². The molecule has 144 valence electrons. The highest BCUT2D eigenvalue weighted by Crippen LogP contribution is 2.21. The van der Waals surface area contributed by atoms with Crippen LogP contribution in [0.2, 0.25) is 0 Å². The normalized spacial score (nSPS) is 16.2. The summed E-state index contributed by atoms with van der Waals surface area (Å²) >= 11 is 0. The number of rotatable bonds is 6. The number of benzene rings is 1. The smallest absolute Gasteiger partial charge is 0.279 e. The number of hydrogen-bond donors (Lipinski definition) is 2. The maximum Gasteiger partial charge on any atom is 0.279 e. The Labute approximate surface area is 151 Å². The van der Waals surface area contributed by atoms with Gasteiger partial charge in [0.05, 0.1) is 12.7 Å². The molecule has 1 aliphatic carbocycles. The summed E-state index contributed by atoms with van der Waals surface area (Å²) in [6.45, 7) is 0.0311. The third-order valence-electron chi connectivity index (χ3n) is 4.74. The lowest BCUT2D eigenvalue weighted by molar-refractivity contribution is -0.862. The number of nitrogens with one attached hydrogen (secondary N) is 2. The van der Waals surface area contributed by atoms with Crippen molar-refractivity contribution in [3.05, 3.63) is 29.6 Å². The fraction of sp³-hybridized carbons (Fsp3) is 0.556. The molecule has 1 atom stereocenters. The lowest BCUT2D eigenvalue weighted by Gasteiger charge is -2.31. The van der Waals surface area contributed by atoms with Gasteiger partial charge in [-0.1, -0.05) is 19.3 Å². The third kappa shape index (κ3) is 5.20. The standard InChI is InChI=1S/C18H24F3N3O2/c1-23(11-16(26)24(2)12-6-4-3-5-7-12)10-15(25)22-14-9-8-13(19)17(20)18(14)21/h8-9,12H,3-7,10-11H2,1-2H3,(H,22,25)/p+1. The Balaban J connectivity index is 1.85. The van der Waals surface area contributed by atoms with Crippen LogP contribution in [-0.4, -0.2) is 49.9 Å². The summed E-state index contributed by atoms with van der Waals surface area (Å²) in [6.07, 6.45) is 5.43. The molecule has 1 saturated carbocycles. The minimum Gasteiger partial charge on any atom is -0.338 e. The number of hydrogen-bond acceptors (Lipinski definition) is 2. The van der Waals surface area contributed by atoms with Crippen molar-refractivity contribution in [3.63, 3.8) is 0 Å². The van der Waals surface area contributed by atoms with Crippen molar-refractivity contribution >= 4 is 17.5 Å². The molecule has 2 N–H and O–H groups in total. The van der Waals surface area contributed by atoms with E-state index in [0.717, 1.165) is 37.8 Å². The van der Waals surface area contributed by atoms with Crippen molar-refractivity contribution < 1.29 is 27.7 Å². The van der Waals surface area contributed by atoms with Crippen molar-refractivity contribution in [2.24, 2.45) is 0 Å². The fourth-order valence-electron chi connectivity index (χ4n) is 3.21. The predicted octanol–water partition coefficient (Wildman–Crippen LogP) is 1.35. The minimum atomic E-state index is -1.63. The Bertz CT molecular complexity index is 663. The molecule has 1 fully saturated rings. The molecule has 1 aliphatic rings. The number of amides is 2. The average Bonchev–Trinajstić information content (AvgIpc) is 2.62. The Hall–Kier alpha value is -2.09. The number of anilines is 1. The summed E-state index contributed by atoms with van der Waals surface area (Å²) < 4.78 is 39.7. The number of nitrogens with zero attached hydrogens (tertiary/aromatic N) is 1. The zero-order chi connectivity index (χ0) is 19.3. The lowest BCUT2D eigenvalue weighted by atomic mass is 9.94. The number of carbonyl (C=O) groups excluding carboxylic acids is 2. The maximum absolute atomic E-state index is 13.6. The molecule has 26 heavy (non-hydrogen) atoms. The fourth-order valence-corrected chi connectivity index (χ4v) is 3.21. The van der Waals surface area contributed by atoms with Gasteiger partial charge in [0.25, 0.3) is 11.8 Å². The van der Waals surface area contributed by atoms with E-state index in [4.69, 9.17) is 0 Å². The van der Waals surface area contributed by atoms with Crippen LogP contribution in [0.5, 0.6) is 0 Å². The average molecular weight is 372 g/mol. The monoisotopic (exact) mass is 372 g/mol. The molecular weight excluding hydrogens is 347 g/mol. The SMILES string of the molecule is CN(C(=O)C[NH+](C)CC(=O)Nc1ccc(F)c(F)c1F)C1CCCCC1.